The van der Waals surface area contributed by atoms with Gasteiger partial charge in [0.2, 0.25) is 11.8 Å². The van der Waals surface area contributed by atoms with E-state index in [2.05, 4.69) is 0 Å². The molecule has 2 N–H and O–H groups in total. The number of fused-ring (bicyclic) bond motifs is 1. The SMILES string of the molecule is COc1cc(CN)ccc1N1C(=O)C2C(C1=O)C2(C)C. The number of amides is 2. The van der Waals surface area contributed by atoms with Crippen molar-refractivity contribution >= 4 is 17.5 Å². The molecule has 1 aliphatic heterocycles. The Labute approximate surface area is 117 Å². The van der Waals surface area contributed by atoms with E-state index in [1.54, 1.807) is 12.1 Å². The molecule has 1 saturated heterocycles. The van der Waals surface area contributed by atoms with Gasteiger partial charge in [-0.15, -0.1) is 0 Å². The minimum Gasteiger partial charge on any atom is -0.495 e. The number of imide groups is 1. The van der Waals surface area contributed by atoms with Crippen LogP contribution in [0.25, 0.3) is 0 Å². The van der Waals surface area contributed by atoms with E-state index >= 15 is 0 Å². The monoisotopic (exact) mass is 274 g/mol. The molecule has 2 atom stereocenters. The van der Waals surface area contributed by atoms with Gasteiger partial charge in [0.05, 0.1) is 24.6 Å². The molecule has 1 aliphatic carbocycles. The molecule has 2 unspecified atom stereocenters. The Morgan fingerprint density at radius 3 is 2.35 bits per heavy atom. The van der Waals surface area contributed by atoms with E-state index in [0.717, 1.165) is 5.56 Å². The quantitative estimate of drug-likeness (QED) is 0.843. The fourth-order valence-electron chi connectivity index (χ4n) is 3.22. The molecule has 20 heavy (non-hydrogen) atoms. The molecule has 2 fully saturated rings. The summed E-state index contributed by atoms with van der Waals surface area (Å²) in [5, 5.41) is 0. The van der Waals surface area contributed by atoms with Crippen molar-refractivity contribution in [1.82, 2.24) is 0 Å². The van der Waals surface area contributed by atoms with E-state index in [1.165, 1.54) is 12.0 Å². The van der Waals surface area contributed by atoms with Gasteiger partial charge in [-0.1, -0.05) is 19.9 Å². The zero-order chi connectivity index (χ0) is 14.7. The highest BCUT2D eigenvalue weighted by molar-refractivity contribution is 6.26. The Morgan fingerprint density at radius 1 is 1.25 bits per heavy atom. The molecule has 0 radical (unpaired) electrons. The number of hydrogen-bond donors (Lipinski definition) is 1. The van der Waals surface area contributed by atoms with Gasteiger partial charge in [-0.05, 0) is 23.1 Å². The maximum atomic E-state index is 12.4. The van der Waals surface area contributed by atoms with E-state index in [9.17, 15) is 9.59 Å². The number of carbonyl (C=O) groups excluding carboxylic acids is 2. The summed E-state index contributed by atoms with van der Waals surface area (Å²) >= 11 is 0. The first-order valence-corrected chi connectivity index (χ1v) is 6.68. The number of nitrogens with zero attached hydrogens (tertiary/aromatic N) is 1. The normalized spacial score (nSPS) is 26.7. The number of ether oxygens (including phenoxy) is 1. The lowest BCUT2D eigenvalue weighted by Gasteiger charge is -2.22. The number of methoxy groups -OCH3 is 1. The molecule has 5 nitrogen and oxygen atoms in total. The van der Waals surface area contributed by atoms with E-state index in [-0.39, 0.29) is 29.1 Å². The molecule has 3 rings (SSSR count). The van der Waals surface area contributed by atoms with Crippen molar-refractivity contribution in [3.63, 3.8) is 0 Å². The summed E-state index contributed by atoms with van der Waals surface area (Å²) < 4.78 is 5.30. The lowest BCUT2D eigenvalue weighted by Crippen LogP contribution is -2.36. The van der Waals surface area contributed by atoms with Gasteiger partial charge in [-0.25, -0.2) is 4.90 Å². The lowest BCUT2D eigenvalue weighted by atomic mass is 10.0. The standard InChI is InChI=1S/C15H18N2O3/c1-15(2)11-12(15)14(19)17(13(11)18)9-5-4-8(7-16)6-10(9)20-3/h4-6,11-12H,7,16H2,1-3H3. The summed E-state index contributed by atoms with van der Waals surface area (Å²) in [6.07, 6.45) is 0. The van der Waals surface area contributed by atoms with Crippen LogP contribution >= 0.6 is 0 Å². The number of rotatable bonds is 3. The summed E-state index contributed by atoms with van der Waals surface area (Å²) in [7, 11) is 1.52. The summed E-state index contributed by atoms with van der Waals surface area (Å²) in [6, 6.07) is 5.31. The van der Waals surface area contributed by atoms with Crippen LogP contribution in [-0.2, 0) is 16.1 Å². The highest BCUT2D eigenvalue weighted by Gasteiger charge is 2.72. The van der Waals surface area contributed by atoms with E-state index in [0.29, 0.717) is 18.0 Å². The van der Waals surface area contributed by atoms with Crippen LogP contribution in [0.15, 0.2) is 18.2 Å². The molecule has 1 aromatic carbocycles. The summed E-state index contributed by atoms with van der Waals surface area (Å²) in [5.74, 6) is -0.107. The van der Waals surface area contributed by atoms with E-state index in [1.807, 2.05) is 19.9 Å². The maximum absolute atomic E-state index is 12.4. The van der Waals surface area contributed by atoms with Crippen molar-refractivity contribution in [1.29, 1.82) is 0 Å². The topological polar surface area (TPSA) is 72.6 Å². The Morgan fingerprint density at radius 2 is 1.85 bits per heavy atom. The molecule has 2 amide bonds. The molecule has 0 aromatic heterocycles. The van der Waals surface area contributed by atoms with E-state index in [4.69, 9.17) is 10.5 Å². The second-order valence-electron chi connectivity index (χ2n) is 6.00. The number of hydrogen-bond acceptors (Lipinski definition) is 4. The zero-order valence-electron chi connectivity index (χ0n) is 11.8. The largest absolute Gasteiger partial charge is 0.495 e. The van der Waals surface area contributed by atoms with Crippen molar-refractivity contribution in [2.75, 3.05) is 12.0 Å². The molecule has 1 aromatic rings. The second-order valence-corrected chi connectivity index (χ2v) is 6.00. The van der Waals surface area contributed by atoms with Crippen LogP contribution < -0.4 is 15.4 Å². The van der Waals surface area contributed by atoms with Crippen molar-refractivity contribution in [3.05, 3.63) is 23.8 Å². The Kier molecular flexibility index (Phi) is 2.66. The predicted octanol–water partition coefficient (Wildman–Crippen LogP) is 1.30. The number of anilines is 1. The Balaban J connectivity index is 1.99. The molecular formula is C15H18N2O3. The summed E-state index contributed by atoms with van der Waals surface area (Å²) in [5.41, 5.74) is 6.81. The molecule has 0 spiro atoms. The minimum absolute atomic E-state index is 0.121. The number of nitrogens with two attached hydrogens (primary N) is 1. The van der Waals surface area contributed by atoms with Crippen LogP contribution in [0.3, 0.4) is 0 Å². The molecule has 5 heteroatoms. The van der Waals surface area contributed by atoms with Gasteiger partial charge in [-0.2, -0.15) is 0 Å². The van der Waals surface area contributed by atoms with E-state index < -0.39 is 0 Å². The molecular weight excluding hydrogens is 256 g/mol. The average Bonchev–Trinajstić information content (AvgIpc) is 2.89. The van der Waals surface area contributed by atoms with Crippen LogP contribution in [0.1, 0.15) is 19.4 Å². The Hall–Kier alpha value is -1.88. The van der Waals surface area contributed by atoms with Crippen LogP contribution in [0.4, 0.5) is 5.69 Å². The third kappa shape index (κ3) is 1.53. The van der Waals surface area contributed by atoms with Gasteiger partial charge in [0, 0.05) is 6.54 Å². The summed E-state index contributed by atoms with van der Waals surface area (Å²) in [6.45, 7) is 4.31. The fourth-order valence-corrected chi connectivity index (χ4v) is 3.22. The summed E-state index contributed by atoms with van der Waals surface area (Å²) in [4.78, 5) is 26.1. The highest BCUT2D eigenvalue weighted by Crippen LogP contribution is 2.64. The number of carbonyl (C=O) groups is 2. The molecule has 1 saturated carbocycles. The van der Waals surface area contributed by atoms with Gasteiger partial charge in [0.15, 0.2) is 0 Å². The molecule has 106 valence electrons. The van der Waals surface area contributed by atoms with Crippen molar-refractivity contribution in [2.24, 2.45) is 23.0 Å². The maximum Gasteiger partial charge on any atom is 0.238 e. The second kappa shape index (κ2) is 4.06. The first kappa shape index (κ1) is 13.1. The molecule has 1 heterocycles. The predicted molar refractivity (Wildman–Crippen MR) is 74.1 cm³/mol. The smallest absolute Gasteiger partial charge is 0.238 e. The van der Waals surface area contributed by atoms with Crippen LogP contribution in [0.5, 0.6) is 5.75 Å². The van der Waals surface area contributed by atoms with Crippen molar-refractivity contribution < 1.29 is 14.3 Å². The Bertz CT molecular complexity index is 585. The number of benzene rings is 1. The van der Waals surface area contributed by atoms with Gasteiger partial charge in [-0.3, -0.25) is 9.59 Å². The first-order valence-electron chi connectivity index (χ1n) is 6.68. The first-order chi connectivity index (χ1) is 9.43. The van der Waals surface area contributed by atoms with Crippen LogP contribution in [-0.4, -0.2) is 18.9 Å². The molecule has 0 bridgehead atoms. The van der Waals surface area contributed by atoms with Crippen LogP contribution in [0.2, 0.25) is 0 Å². The third-order valence-electron chi connectivity index (χ3n) is 4.52. The van der Waals surface area contributed by atoms with Crippen LogP contribution in [0, 0.1) is 17.3 Å². The van der Waals surface area contributed by atoms with Gasteiger partial charge < -0.3 is 10.5 Å². The third-order valence-corrected chi connectivity index (χ3v) is 4.52. The van der Waals surface area contributed by atoms with Gasteiger partial charge in [0.1, 0.15) is 5.75 Å². The van der Waals surface area contributed by atoms with Crippen molar-refractivity contribution in [2.45, 2.75) is 20.4 Å². The minimum atomic E-state index is -0.199. The van der Waals surface area contributed by atoms with Gasteiger partial charge >= 0.3 is 0 Å². The highest BCUT2D eigenvalue weighted by atomic mass is 16.5. The van der Waals surface area contributed by atoms with Crippen molar-refractivity contribution in [3.8, 4) is 5.75 Å². The zero-order valence-corrected chi connectivity index (χ0v) is 11.8. The molecule has 2 aliphatic rings. The lowest BCUT2D eigenvalue weighted by molar-refractivity contribution is -0.125. The average molecular weight is 274 g/mol. The van der Waals surface area contributed by atoms with Gasteiger partial charge in [0.25, 0.3) is 0 Å². The number of piperidine rings is 1. The fraction of sp³-hybridized carbons (Fsp3) is 0.467.